The molecule has 0 amide bonds. The minimum Gasteiger partial charge on any atom is -0.389 e. The van der Waals surface area contributed by atoms with Crippen molar-refractivity contribution in [2.45, 2.75) is 57.8 Å². The Morgan fingerprint density at radius 1 is 1.45 bits per heavy atom. The van der Waals surface area contributed by atoms with Gasteiger partial charge in [0.05, 0.1) is 18.8 Å². The van der Waals surface area contributed by atoms with Gasteiger partial charge in [-0.3, -0.25) is 0 Å². The number of hydrogen-bond donors (Lipinski definition) is 2. The largest absolute Gasteiger partial charge is 0.389 e. The first kappa shape index (κ1) is 16.0. The van der Waals surface area contributed by atoms with Crippen molar-refractivity contribution in [1.82, 2.24) is 5.32 Å². The molecular formula is C16H27NO2S. The average molecular weight is 297 g/mol. The number of ether oxygens (including phenoxy) is 1. The highest BCUT2D eigenvalue weighted by molar-refractivity contribution is 7.07. The van der Waals surface area contributed by atoms with Crippen molar-refractivity contribution in [3.8, 4) is 0 Å². The molecule has 20 heavy (non-hydrogen) atoms. The zero-order valence-electron chi connectivity index (χ0n) is 12.5. The van der Waals surface area contributed by atoms with Gasteiger partial charge in [0.25, 0.3) is 0 Å². The Kier molecular flexibility index (Phi) is 6.49. The standard InChI is InChI=1S/C16H27NO2S/c1-12-5-3-4-6-16(12)19-10-15(18)9-17-13(2)14-7-8-20-11-14/h7-8,11-13,15-18H,3-6,9-10H2,1-2H3. The van der Waals surface area contributed by atoms with Gasteiger partial charge in [0, 0.05) is 12.6 Å². The maximum absolute atomic E-state index is 10.0. The molecule has 0 radical (unpaired) electrons. The van der Waals surface area contributed by atoms with Crippen molar-refractivity contribution >= 4 is 11.3 Å². The average Bonchev–Trinajstić information content (AvgIpc) is 2.98. The fourth-order valence-corrected chi connectivity index (χ4v) is 3.53. The summed E-state index contributed by atoms with van der Waals surface area (Å²) in [7, 11) is 0. The van der Waals surface area contributed by atoms with Gasteiger partial charge in [-0.15, -0.1) is 0 Å². The van der Waals surface area contributed by atoms with E-state index in [0.717, 1.165) is 6.42 Å². The van der Waals surface area contributed by atoms with Gasteiger partial charge in [0.15, 0.2) is 0 Å². The molecule has 1 aliphatic rings. The monoisotopic (exact) mass is 297 g/mol. The van der Waals surface area contributed by atoms with Gasteiger partial charge in [-0.25, -0.2) is 0 Å². The van der Waals surface area contributed by atoms with Crippen LogP contribution in [0.3, 0.4) is 0 Å². The molecule has 1 aromatic heterocycles. The summed E-state index contributed by atoms with van der Waals surface area (Å²) in [6.45, 7) is 5.41. The molecule has 4 heteroatoms. The molecule has 2 N–H and O–H groups in total. The fourth-order valence-electron chi connectivity index (χ4n) is 2.78. The number of aliphatic hydroxyl groups is 1. The van der Waals surface area contributed by atoms with Crippen molar-refractivity contribution in [2.75, 3.05) is 13.2 Å². The first-order valence-corrected chi connectivity index (χ1v) is 8.66. The maximum Gasteiger partial charge on any atom is 0.0898 e. The lowest BCUT2D eigenvalue weighted by Crippen LogP contribution is -2.35. The molecule has 1 saturated carbocycles. The molecule has 0 spiro atoms. The van der Waals surface area contributed by atoms with Crippen molar-refractivity contribution < 1.29 is 9.84 Å². The van der Waals surface area contributed by atoms with Gasteiger partial charge in [-0.1, -0.05) is 19.8 Å². The summed E-state index contributed by atoms with van der Waals surface area (Å²) in [5.41, 5.74) is 1.28. The van der Waals surface area contributed by atoms with E-state index < -0.39 is 6.10 Å². The number of aliphatic hydroxyl groups excluding tert-OH is 1. The van der Waals surface area contributed by atoms with Crippen LogP contribution >= 0.6 is 11.3 Å². The van der Waals surface area contributed by atoms with Crippen molar-refractivity contribution in [3.63, 3.8) is 0 Å². The normalized spacial score (nSPS) is 26.4. The zero-order chi connectivity index (χ0) is 14.4. The van der Waals surface area contributed by atoms with E-state index in [4.69, 9.17) is 4.74 Å². The third-order valence-corrected chi connectivity index (χ3v) is 4.94. The van der Waals surface area contributed by atoms with E-state index >= 15 is 0 Å². The smallest absolute Gasteiger partial charge is 0.0898 e. The lowest BCUT2D eigenvalue weighted by atomic mass is 9.88. The summed E-state index contributed by atoms with van der Waals surface area (Å²) in [6.07, 6.45) is 4.90. The molecule has 2 rings (SSSR count). The van der Waals surface area contributed by atoms with E-state index in [1.54, 1.807) is 11.3 Å². The second kappa shape index (κ2) is 8.13. The number of rotatable bonds is 7. The Morgan fingerprint density at radius 3 is 2.95 bits per heavy atom. The minimum absolute atomic E-state index is 0.282. The zero-order valence-corrected chi connectivity index (χ0v) is 13.4. The van der Waals surface area contributed by atoms with Gasteiger partial charge in [0.2, 0.25) is 0 Å². The highest BCUT2D eigenvalue weighted by Gasteiger charge is 2.22. The van der Waals surface area contributed by atoms with Crippen LogP contribution in [0.5, 0.6) is 0 Å². The molecule has 0 aliphatic heterocycles. The van der Waals surface area contributed by atoms with Crippen LogP contribution < -0.4 is 5.32 Å². The third kappa shape index (κ3) is 4.85. The Labute approximate surface area is 126 Å². The van der Waals surface area contributed by atoms with Crippen molar-refractivity contribution in [3.05, 3.63) is 22.4 Å². The first-order valence-electron chi connectivity index (χ1n) is 7.72. The van der Waals surface area contributed by atoms with Crippen molar-refractivity contribution in [1.29, 1.82) is 0 Å². The molecule has 4 atom stereocenters. The summed E-state index contributed by atoms with van der Waals surface area (Å²) in [4.78, 5) is 0. The topological polar surface area (TPSA) is 41.5 Å². The van der Waals surface area contributed by atoms with Crippen LogP contribution in [0.2, 0.25) is 0 Å². The van der Waals surface area contributed by atoms with Crippen LogP contribution in [0.25, 0.3) is 0 Å². The molecule has 0 saturated heterocycles. The molecule has 1 heterocycles. The number of nitrogens with one attached hydrogen (secondary N) is 1. The maximum atomic E-state index is 10.0. The molecule has 1 aliphatic carbocycles. The Morgan fingerprint density at radius 2 is 2.25 bits per heavy atom. The molecule has 0 aromatic carbocycles. The molecule has 1 fully saturated rings. The van der Waals surface area contributed by atoms with E-state index in [0.29, 0.717) is 25.2 Å². The fraction of sp³-hybridized carbons (Fsp3) is 0.750. The Hall–Kier alpha value is -0.420. The second-order valence-electron chi connectivity index (χ2n) is 5.97. The summed E-state index contributed by atoms with van der Waals surface area (Å²) < 4.78 is 5.89. The molecule has 3 nitrogen and oxygen atoms in total. The molecule has 4 unspecified atom stereocenters. The van der Waals surface area contributed by atoms with E-state index in [1.807, 2.05) is 0 Å². The van der Waals surface area contributed by atoms with Gasteiger partial charge >= 0.3 is 0 Å². The predicted molar refractivity (Wildman–Crippen MR) is 84.1 cm³/mol. The summed E-state index contributed by atoms with van der Waals surface area (Å²) in [5, 5.41) is 17.6. The quantitative estimate of drug-likeness (QED) is 0.811. The van der Waals surface area contributed by atoms with Crippen LogP contribution in [-0.2, 0) is 4.74 Å². The first-order chi connectivity index (χ1) is 9.66. The van der Waals surface area contributed by atoms with Gasteiger partial charge in [-0.05, 0) is 48.1 Å². The Balaban J connectivity index is 1.63. The number of thiophene rings is 1. The van der Waals surface area contributed by atoms with Gasteiger partial charge < -0.3 is 15.2 Å². The van der Waals surface area contributed by atoms with E-state index in [-0.39, 0.29) is 6.04 Å². The molecule has 0 bridgehead atoms. The van der Waals surface area contributed by atoms with Gasteiger partial charge in [0.1, 0.15) is 0 Å². The highest BCUT2D eigenvalue weighted by atomic mass is 32.1. The van der Waals surface area contributed by atoms with E-state index in [1.165, 1.54) is 24.8 Å². The lowest BCUT2D eigenvalue weighted by molar-refractivity contribution is -0.0455. The Bertz CT molecular complexity index is 369. The molecule has 114 valence electrons. The van der Waals surface area contributed by atoms with Crippen molar-refractivity contribution in [2.24, 2.45) is 5.92 Å². The van der Waals surface area contributed by atoms with Crippen LogP contribution in [0, 0.1) is 5.92 Å². The molecular weight excluding hydrogens is 270 g/mol. The predicted octanol–water partition coefficient (Wildman–Crippen LogP) is 3.35. The minimum atomic E-state index is -0.426. The SMILES string of the molecule is CC(NCC(O)COC1CCCCC1C)c1ccsc1. The summed E-state index contributed by atoms with van der Waals surface area (Å²) in [5.74, 6) is 0.633. The van der Waals surface area contributed by atoms with Crippen LogP contribution in [0.15, 0.2) is 16.8 Å². The van der Waals surface area contributed by atoms with Crippen LogP contribution in [-0.4, -0.2) is 30.5 Å². The van der Waals surface area contributed by atoms with Gasteiger partial charge in [-0.2, -0.15) is 11.3 Å². The molecule has 1 aromatic rings. The summed E-state index contributed by atoms with van der Waals surface area (Å²) in [6, 6.07) is 2.40. The highest BCUT2D eigenvalue weighted by Crippen LogP contribution is 2.26. The van der Waals surface area contributed by atoms with Crippen LogP contribution in [0.1, 0.15) is 51.1 Å². The van der Waals surface area contributed by atoms with Crippen LogP contribution in [0.4, 0.5) is 0 Å². The summed E-state index contributed by atoms with van der Waals surface area (Å²) >= 11 is 1.70. The second-order valence-corrected chi connectivity index (χ2v) is 6.75. The number of hydrogen-bond acceptors (Lipinski definition) is 4. The van der Waals surface area contributed by atoms with E-state index in [2.05, 4.69) is 36.0 Å². The lowest BCUT2D eigenvalue weighted by Gasteiger charge is -2.29. The third-order valence-electron chi connectivity index (χ3n) is 4.24. The van der Waals surface area contributed by atoms with E-state index in [9.17, 15) is 5.11 Å².